The van der Waals surface area contributed by atoms with Gasteiger partial charge < -0.3 is 14.2 Å². The normalized spacial score (nSPS) is 11.3. The monoisotopic (exact) mass is 525 g/mol. The predicted octanol–water partition coefficient (Wildman–Crippen LogP) is 3.93. The molecule has 0 bridgehead atoms. The maximum atomic E-state index is 13.6. The van der Waals surface area contributed by atoms with Gasteiger partial charge in [0.05, 0.1) is 38.1 Å². The molecule has 0 atom stereocenters. The Labute approximate surface area is 217 Å². The van der Waals surface area contributed by atoms with Gasteiger partial charge in [-0.15, -0.1) is 0 Å². The van der Waals surface area contributed by atoms with Crippen molar-refractivity contribution >= 4 is 27.8 Å². The van der Waals surface area contributed by atoms with Gasteiger partial charge in [0, 0.05) is 5.56 Å². The molecule has 1 N–H and O–H groups in total. The summed E-state index contributed by atoms with van der Waals surface area (Å²) >= 11 is 0. The zero-order chi connectivity index (χ0) is 27.0. The summed E-state index contributed by atoms with van der Waals surface area (Å²) in [6.07, 6.45) is 2.00. The number of para-hydroxylation sites is 1. The number of ether oxygens (including phenoxy) is 3. The molecule has 0 saturated carbocycles. The van der Waals surface area contributed by atoms with Crippen molar-refractivity contribution in [2.45, 2.75) is 25.2 Å². The number of carbonyl (C=O) groups is 1. The highest BCUT2D eigenvalue weighted by molar-refractivity contribution is 7.92. The first kappa shape index (κ1) is 27.5. The van der Waals surface area contributed by atoms with Crippen molar-refractivity contribution in [1.82, 2.24) is 5.43 Å². The van der Waals surface area contributed by atoms with Crippen LogP contribution < -0.4 is 23.9 Å². The van der Waals surface area contributed by atoms with Crippen molar-refractivity contribution in [2.75, 3.05) is 32.2 Å². The van der Waals surface area contributed by atoms with Crippen LogP contribution in [-0.2, 0) is 21.2 Å². The Kier molecular flexibility index (Phi) is 9.13. The molecule has 0 fully saturated rings. The number of benzene rings is 3. The quantitative estimate of drug-likeness (QED) is 0.300. The number of methoxy groups -OCH3 is 3. The van der Waals surface area contributed by atoms with Crippen LogP contribution in [0.2, 0.25) is 0 Å². The lowest BCUT2D eigenvalue weighted by Gasteiger charge is -2.25. The van der Waals surface area contributed by atoms with E-state index in [0.29, 0.717) is 34.9 Å². The van der Waals surface area contributed by atoms with E-state index >= 15 is 0 Å². The third-order valence-corrected chi connectivity index (χ3v) is 7.40. The minimum absolute atomic E-state index is 0.0951. The van der Waals surface area contributed by atoms with Gasteiger partial charge in [0.1, 0.15) is 6.54 Å². The van der Waals surface area contributed by atoms with Crippen LogP contribution in [0.3, 0.4) is 0 Å². The van der Waals surface area contributed by atoms with Crippen LogP contribution in [0.4, 0.5) is 5.69 Å². The third kappa shape index (κ3) is 6.39. The summed E-state index contributed by atoms with van der Waals surface area (Å²) in [6, 6.07) is 17.0. The molecule has 0 heterocycles. The molecule has 0 aliphatic rings. The average molecular weight is 526 g/mol. The van der Waals surface area contributed by atoms with Gasteiger partial charge in [-0.1, -0.05) is 42.8 Å². The Morgan fingerprint density at radius 1 is 0.973 bits per heavy atom. The molecule has 1 amide bonds. The van der Waals surface area contributed by atoms with E-state index in [1.807, 2.05) is 26.0 Å². The second-order valence-electron chi connectivity index (χ2n) is 8.06. The fourth-order valence-electron chi connectivity index (χ4n) is 3.71. The lowest BCUT2D eigenvalue weighted by molar-refractivity contribution is -0.119. The van der Waals surface area contributed by atoms with Crippen molar-refractivity contribution in [3.8, 4) is 17.2 Å². The van der Waals surface area contributed by atoms with Gasteiger partial charge in [0.25, 0.3) is 15.9 Å². The maximum Gasteiger partial charge on any atom is 0.264 e. The molecule has 0 aliphatic carbocycles. The highest BCUT2D eigenvalue weighted by atomic mass is 32.2. The Balaban J connectivity index is 1.88. The molecule has 0 aliphatic heterocycles. The smallest absolute Gasteiger partial charge is 0.264 e. The molecule has 196 valence electrons. The van der Waals surface area contributed by atoms with Gasteiger partial charge >= 0.3 is 0 Å². The fraction of sp³-hybridized carbons (Fsp3) is 0.259. The summed E-state index contributed by atoms with van der Waals surface area (Å²) in [6.45, 7) is 3.34. The highest BCUT2D eigenvalue weighted by Gasteiger charge is 2.28. The molecule has 9 nitrogen and oxygen atoms in total. The topological polar surface area (TPSA) is 107 Å². The minimum atomic E-state index is -4.03. The lowest BCUT2D eigenvalue weighted by atomic mass is 10.1. The van der Waals surface area contributed by atoms with Crippen LogP contribution in [0.5, 0.6) is 17.2 Å². The second-order valence-corrected chi connectivity index (χ2v) is 9.92. The Bertz CT molecular complexity index is 1350. The van der Waals surface area contributed by atoms with E-state index in [-0.39, 0.29) is 4.90 Å². The van der Waals surface area contributed by atoms with Gasteiger partial charge in [0.2, 0.25) is 5.75 Å². The molecule has 0 spiro atoms. The first-order valence-corrected chi connectivity index (χ1v) is 13.0. The third-order valence-electron chi connectivity index (χ3n) is 5.63. The number of hydrogen-bond donors (Lipinski definition) is 1. The molecule has 3 rings (SSSR count). The van der Waals surface area contributed by atoms with Crippen molar-refractivity contribution in [3.05, 3.63) is 77.4 Å². The summed E-state index contributed by atoms with van der Waals surface area (Å²) < 4.78 is 44.3. The molecular weight excluding hydrogens is 494 g/mol. The lowest BCUT2D eigenvalue weighted by Crippen LogP contribution is -2.40. The number of hydrogen-bond acceptors (Lipinski definition) is 7. The largest absolute Gasteiger partial charge is 0.493 e. The summed E-state index contributed by atoms with van der Waals surface area (Å²) in [5.74, 6) is 0.686. The molecule has 37 heavy (non-hydrogen) atoms. The predicted molar refractivity (Wildman–Crippen MR) is 143 cm³/mol. The van der Waals surface area contributed by atoms with Crippen LogP contribution >= 0.6 is 0 Å². The van der Waals surface area contributed by atoms with E-state index in [1.54, 1.807) is 36.4 Å². The van der Waals surface area contributed by atoms with Crippen LogP contribution in [-0.4, -0.2) is 48.4 Å². The second kappa shape index (κ2) is 12.3. The van der Waals surface area contributed by atoms with Gasteiger partial charge in [-0.3, -0.25) is 9.10 Å². The molecular formula is C27H31N3O6S. The minimum Gasteiger partial charge on any atom is -0.493 e. The number of aryl methyl sites for hydroxylation is 2. The zero-order valence-corrected chi connectivity index (χ0v) is 22.3. The Morgan fingerprint density at radius 3 is 2.16 bits per heavy atom. The number of rotatable bonds is 11. The van der Waals surface area contributed by atoms with Crippen molar-refractivity contribution in [2.24, 2.45) is 5.10 Å². The van der Waals surface area contributed by atoms with Crippen LogP contribution in [0.1, 0.15) is 23.6 Å². The first-order chi connectivity index (χ1) is 17.7. The molecule has 0 saturated heterocycles. The summed E-state index contributed by atoms with van der Waals surface area (Å²) in [7, 11) is 0.468. The van der Waals surface area contributed by atoms with E-state index in [1.165, 1.54) is 39.7 Å². The van der Waals surface area contributed by atoms with Crippen molar-refractivity contribution < 1.29 is 27.4 Å². The Hall–Kier alpha value is -4.05. The SMILES string of the molecule is CCc1ccccc1N(CC(=O)N/N=C/c1cc(OC)c(OC)c(OC)c1)S(=O)(=O)c1ccc(C)cc1. The molecule has 3 aromatic carbocycles. The van der Waals surface area contributed by atoms with E-state index < -0.39 is 22.5 Å². The van der Waals surface area contributed by atoms with E-state index in [2.05, 4.69) is 10.5 Å². The molecule has 10 heteroatoms. The van der Waals surface area contributed by atoms with Gasteiger partial charge in [0.15, 0.2) is 11.5 Å². The number of nitrogens with one attached hydrogen (secondary N) is 1. The average Bonchev–Trinajstić information content (AvgIpc) is 2.91. The van der Waals surface area contributed by atoms with E-state index in [9.17, 15) is 13.2 Å². The molecule has 0 unspecified atom stereocenters. The van der Waals surface area contributed by atoms with Crippen molar-refractivity contribution in [3.63, 3.8) is 0 Å². The van der Waals surface area contributed by atoms with Crippen LogP contribution in [0.15, 0.2) is 70.7 Å². The number of nitrogens with zero attached hydrogens (tertiary/aromatic N) is 2. The number of hydrazone groups is 1. The number of sulfonamides is 1. The first-order valence-electron chi connectivity index (χ1n) is 11.5. The fourth-order valence-corrected chi connectivity index (χ4v) is 5.17. The van der Waals surface area contributed by atoms with Crippen LogP contribution in [0.25, 0.3) is 0 Å². The maximum absolute atomic E-state index is 13.6. The van der Waals surface area contributed by atoms with Gasteiger partial charge in [-0.25, -0.2) is 13.8 Å². The molecule has 3 aromatic rings. The zero-order valence-electron chi connectivity index (χ0n) is 21.5. The summed E-state index contributed by atoms with van der Waals surface area (Å²) in [5, 5.41) is 4.01. The number of amides is 1. The van der Waals surface area contributed by atoms with Crippen molar-refractivity contribution in [1.29, 1.82) is 0 Å². The summed E-state index contributed by atoms with van der Waals surface area (Å²) in [4.78, 5) is 13.0. The molecule has 0 radical (unpaired) electrons. The van der Waals surface area contributed by atoms with Gasteiger partial charge in [-0.2, -0.15) is 5.10 Å². The van der Waals surface area contributed by atoms with E-state index in [4.69, 9.17) is 14.2 Å². The van der Waals surface area contributed by atoms with Crippen LogP contribution in [0, 0.1) is 6.92 Å². The summed E-state index contributed by atoms with van der Waals surface area (Å²) in [5.41, 5.74) is 5.16. The number of anilines is 1. The molecule has 0 aromatic heterocycles. The number of carbonyl (C=O) groups excluding carboxylic acids is 1. The van der Waals surface area contributed by atoms with E-state index in [0.717, 1.165) is 15.4 Å². The highest BCUT2D eigenvalue weighted by Crippen LogP contribution is 2.37. The van der Waals surface area contributed by atoms with Gasteiger partial charge in [-0.05, 0) is 49.2 Å². The Morgan fingerprint density at radius 2 is 1.59 bits per heavy atom. The standard InChI is InChI=1S/C27H31N3O6S/c1-6-21-9-7-8-10-23(21)30(37(32,33)22-13-11-19(2)12-14-22)18-26(31)29-28-17-20-15-24(34-3)27(36-5)25(16-20)35-4/h7-17H,6,18H2,1-5H3,(H,29,31)/b28-17+.